The van der Waals surface area contributed by atoms with Gasteiger partial charge in [0.1, 0.15) is 11.8 Å². The maximum atomic E-state index is 5.80. The zero-order valence-corrected chi connectivity index (χ0v) is 10.5. The Hall–Kier alpha value is -0.710. The van der Waals surface area contributed by atoms with E-state index in [4.69, 9.17) is 21.1 Å². The second-order valence-corrected chi connectivity index (χ2v) is 3.80. The topological polar surface area (TPSA) is 44.2 Å². The molecule has 16 heavy (non-hydrogen) atoms. The fourth-order valence-corrected chi connectivity index (χ4v) is 1.44. The molecule has 5 heteroatoms. The van der Waals surface area contributed by atoms with E-state index < -0.39 is 0 Å². The molecule has 0 spiro atoms. The first-order valence-corrected chi connectivity index (χ1v) is 5.75. The summed E-state index contributed by atoms with van der Waals surface area (Å²) in [5.41, 5.74) is 0.848. The van der Waals surface area contributed by atoms with E-state index in [0.29, 0.717) is 30.8 Å². The Bertz CT molecular complexity index is 301. The van der Waals surface area contributed by atoms with Gasteiger partial charge in [-0.25, -0.2) is 9.97 Å². The quantitative estimate of drug-likeness (QED) is 0.546. The molecule has 90 valence electrons. The summed E-state index contributed by atoms with van der Waals surface area (Å²) in [4.78, 5) is 8.26. The first-order valence-electron chi connectivity index (χ1n) is 5.38. The second-order valence-electron chi connectivity index (χ2n) is 3.41. The van der Waals surface area contributed by atoms with Crippen molar-refractivity contribution in [3.05, 3.63) is 22.7 Å². The van der Waals surface area contributed by atoms with Crippen molar-refractivity contribution in [2.45, 2.75) is 26.9 Å². The van der Waals surface area contributed by atoms with E-state index in [-0.39, 0.29) is 0 Å². The Labute approximate surface area is 101 Å². The molecule has 0 aromatic carbocycles. The molecule has 1 aromatic heterocycles. The molecule has 0 radical (unpaired) electrons. The molecule has 0 fully saturated rings. The van der Waals surface area contributed by atoms with Gasteiger partial charge in [-0.05, 0) is 19.4 Å². The van der Waals surface area contributed by atoms with Crippen LogP contribution in [0.3, 0.4) is 0 Å². The van der Waals surface area contributed by atoms with Crippen LogP contribution >= 0.6 is 11.6 Å². The third kappa shape index (κ3) is 5.39. The molecule has 0 saturated heterocycles. The zero-order valence-electron chi connectivity index (χ0n) is 9.70. The van der Waals surface area contributed by atoms with E-state index in [0.717, 1.165) is 18.7 Å². The molecule has 0 atom stereocenters. The van der Waals surface area contributed by atoms with Crippen LogP contribution in [0.25, 0.3) is 0 Å². The Morgan fingerprint density at radius 1 is 1.19 bits per heavy atom. The lowest BCUT2D eigenvalue weighted by Crippen LogP contribution is -2.07. The Balaban J connectivity index is 2.21. The molecule has 1 aromatic rings. The highest BCUT2D eigenvalue weighted by atomic mass is 35.5. The summed E-state index contributed by atoms with van der Waals surface area (Å²) in [5.74, 6) is 0.612. The predicted octanol–water partition coefficient (Wildman–Crippen LogP) is 2.38. The highest BCUT2D eigenvalue weighted by Gasteiger charge is 2.00. The molecule has 0 aliphatic rings. The summed E-state index contributed by atoms with van der Waals surface area (Å²) in [6.45, 7) is 6.25. The van der Waals surface area contributed by atoms with Gasteiger partial charge in [-0.3, -0.25) is 0 Å². The fraction of sp³-hybridized carbons (Fsp3) is 0.636. The van der Waals surface area contributed by atoms with Gasteiger partial charge in [0.2, 0.25) is 0 Å². The summed E-state index contributed by atoms with van der Waals surface area (Å²) in [5, 5.41) is 0.452. The number of hydrogen-bond donors (Lipinski definition) is 0. The van der Waals surface area contributed by atoms with Gasteiger partial charge in [-0.2, -0.15) is 0 Å². The van der Waals surface area contributed by atoms with Crippen LogP contribution in [0.5, 0.6) is 0 Å². The van der Waals surface area contributed by atoms with Crippen LogP contribution in [-0.2, 0) is 16.1 Å². The third-order valence-electron chi connectivity index (χ3n) is 1.82. The van der Waals surface area contributed by atoms with E-state index in [9.17, 15) is 0 Å². The van der Waals surface area contributed by atoms with E-state index in [1.807, 2.05) is 6.92 Å². The largest absolute Gasteiger partial charge is 0.379 e. The van der Waals surface area contributed by atoms with Gasteiger partial charge < -0.3 is 9.47 Å². The Kier molecular flexibility index (Phi) is 6.30. The van der Waals surface area contributed by atoms with Gasteiger partial charge in [0.05, 0.1) is 13.2 Å². The van der Waals surface area contributed by atoms with Crippen molar-refractivity contribution in [2.75, 3.05) is 19.8 Å². The van der Waals surface area contributed by atoms with E-state index in [2.05, 4.69) is 16.9 Å². The average molecular weight is 245 g/mol. The maximum absolute atomic E-state index is 5.80. The summed E-state index contributed by atoms with van der Waals surface area (Å²) in [7, 11) is 0. The fourth-order valence-electron chi connectivity index (χ4n) is 1.18. The van der Waals surface area contributed by atoms with Gasteiger partial charge in [0.15, 0.2) is 5.82 Å². The van der Waals surface area contributed by atoms with Gasteiger partial charge in [0, 0.05) is 12.3 Å². The lowest BCUT2D eigenvalue weighted by Gasteiger charge is -2.05. The smallest absolute Gasteiger partial charge is 0.155 e. The molecule has 1 rings (SSSR count). The number of ether oxygens (including phenoxy) is 2. The molecule has 0 N–H and O–H groups in total. The molecule has 0 bridgehead atoms. The van der Waals surface area contributed by atoms with Crippen LogP contribution in [0.4, 0.5) is 0 Å². The van der Waals surface area contributed by atoms with Crippen molar-refractivity contribution in [1.29, 1.82) is 0 Å². The normalized spacial score (nSPS) is 10.7. The first kappa shape index (κ1) is 13.4. The third-order valence-corrected chi connectivity index (χ3v) is 2.01. The van der Waals surface area contributed by atoms with Crippen LogP contribution in [0.2, 0.25) is 5.15 Å². The number of hydrogen-bond acceptors (Lipinski definition) is 4. The number of halogens is 1. The van der Waals surface area contributed by atoms with Crippen LogP contribution in [0.1, 0.15) is 24.9 Å². The molecular formula is C11H17ClN2O2. The lowest BCUT2D eigenvalue weighted by molar-refractivity contribution is 0.0385. The van der Waals surface area contributed by atoms with Gasteiger partial charge in [0.25, 0.3) is 0 Å². The summed E-state index contributed by atoms with van der Waals surface area (Å²) >= 11 is 5.80. The monoisotopic (exact) mass is 244 g/mol. The minimum atomic E-state index is 0.372. The van der Waals surface area contributed by atoms with E-state index >= 15 is 0 Å². The molecule has 1 heterocycles. The first-order chi connectivity index (χ1) is 7.72. The van der Waals surface area contributed by atoms with E-state index in [1.165, 1.54) is 0 Å². The van der Waals surface area contributed by atoms with Crippen LogP contribution < -0.4 is 0 Å². The number of rotatable bonds is 7. The predicted molar refractivity (Wildman–Crippen MR) is 62.5 cm³/mol. The molecule has 4 nitrogen and oxygen atoms in total. The van der Waals surface area contributed by atoms with Crippen molar-refractivity contribution in [1.82, 2.24) is 9.97 Å². The minimum Gasteiger partial charge on any atom is -0.379 e. The average Bonchev–Trinajstić information content (AvgIpc) is 2.22. The maximum Gasteiger partial charge on any atom is 0.155 e. The summed E-state index contributed by atoms with van der Waals surface area (Å²) < 4.78 is 10.6. The van der Waals surface area contributed by atoms with Gasteiger partial charge in [-0.1, -0.05) is 18.5 Å². The summed E-state index contributed by atoms with van der Waals surface area (Å²) in [6, 6.07) is 1.72. The van der Waals surface area contributed by atoms with Crippen LogP contribution in [0.15, 0.2) is 6.07 Å². The zero-order chi connectivity index (χ0) is 11.8. The number of aromatic nitrogens is 2. The van der Waals surface area contributed by atoms with E-state index in [1.54, 1.807) is 6.07 Å². The Morgan fingerprint density at radius 2 is 1.94 bits per heavy atom. The van der Waals surface area contributed by atoms with Crippen LogP contribution in [0, 0.1) is 6.92 Å². The number of nitrogens with zero attached hydrogens (tertiary/aromatic N) is 2. The van der Waals surface area contributed by atoms with Crippen molar-refractivity contribution < 1.29 is 9.47 Å². The number of aryl methyl sites for hydroxylation is 1. The highest BCUT2D eigenvalue weighted by molar-refractivity contribution is 6.29. The second kappa shape index (κ2) is 7.54. The standard InChI is InChI=1S/C11H17ClN2O2/c1-3-4-15-5-6-16-8-11-13-9(2)7-10(12)14-11/h7H,3-6,8H2,1-2H3. The van der Waals surface area contributed by atoms with Crippen molar-refractivity contribution in [3.8, 4) is 0 Å². The van der Waals surface area contributed by atoms with Gasteiger partial charge in [-0.15, -0.1) is 0 Å². The summed E-state index contributed by atoms with van der Waals surface area (Å²) in [6.07, 6.45) is 1.02. The Morgan fingerprint density at radius 3 is 2.62 bits per heavy atom. The molecule has 0 amide bonds. The molecule has 0 saturated carbocycles. The van der Waals surface area contributed by atoms with Crippen molar-refractivity contribution in [2.24, 2.45) is 0 Å². The van der Waals surface area contributed by atoms with Crippen LogP contribution in [-0.4, -0.2) is 29.8 Å². The molecular weight excluding hydrogens is 228 g/mol. The molecule has 0 aliphatic carbocycles. The highest BCUT2D eigenvalue weighted by Crippen LogP contribution is 2.06. The molecule has 0 unspecified atom stereocenters. The lowest BCUT2D eigenvalue weighted by atomic mass is 10.4. The molecule has 0 aliphatic heterocycles. The van der Waals surface area contributed by atoms with Crippen molar-refractivity contribution in [3.63, 3.8) is 0 Å². The SMILES string of the molecule is CCCOCCOCc1nc(C)cc(Cl)n1. The van der Waals surface area contributed by atoms with Crippen molar-refractivity contribution >= 4 is 11.6 Å². The van der Waals surface area contributed by atoms with Gasteiger partial charge >= 0.3 is 0 Å². The minimum absolute atomic E-state index is 0.372.